The minimum atomic E-state index is -0.420. The number of nitrogens with zero attached hydrogens (tertiary/aromatic N) is 2. The standard InChI is InChI=1S/C16H19ClN2O2.C4H8O/c1-11-5-7-12(8-6-11)10-21-13-9-18-19(16(2,3)4)15(20)14(13)17;1-2-3-4-5/h5-9H,10H2,1-4H3;4H,2-3H2,1H3. The molecule has 0 radical (unpaired) electrons. The molecule has 0 aliphatic carbocycles. The smallest absolute Gasteiger partial charge is 0.289 e. The lowest BCUT2D eigenvalue weighted by molar-refractivity contribution is -0.107. The van der Waals surface area contributed by atoms with E-state index in [0.29, 0.717) is 18.8 Å². The molecule has 26 heavy (non-hydrogen) atoms. The molecule has 1 heterocycles. The van der Waals surface area contributed by atoms with Gasteiger partial charge in [-0.25, -0.2) is 4.68 Å². The summed E-state index contributed by atoms with van der Waals surface area (Å²) in [7, 11) is 0. The molecule has 5 nitrogen and oxygen atoms in total. The van der Waals surface area contributed by atoms with Crippen LogP contribution in [0.4, 0.5) is 0 Å². The van der Waals surface area contributed by atoms with Crippen molar-refractivity contribution in [2.75, 3.05) is 0 Å². The van der Waals surface area contributed by atoms with Crippen LogP contribution in [0, 0.1) is 6.92 Å². The van der Waals surface area contributed by atoms with Gasteiger partial charge in [-0.05, 0) is 39.7 Å². The number of carbonyl (C=O) groups is 1. The summed E-state index contributed by atoms with van der Waals surface area (Å²) in [6, 6.07) is 7.98. The number of hydrogen-bond acceptors (Lipinski definition) is 4. The Kier molecular flexibility index (Phi) is 8.52. The van der Waals surface area contributed by atoms with Crippen LogP contribution >= 0.6 is 11.6 Å². The number of benzene rings is 1. The number of aromatic nitrogens is 2. The van der Waals surface area contributed by atoms with Crippen molar-refractivity contribution < 1.29 is 9.53 Å². The molecule has 2 aromatic rings. The zero-order valence-corrected chi connectivity index (χ0v) is 16.8. The lowest BCUT2D eigenvalue weighted by Gasteiger charge is -2.21. The lowest BCUT2D eigenvalue weighted by Crippen LogP contribution is -2.36. The second kappa shape index (κ2) is 10.1. The molecule has 2 rings (SSSR count). The highest BCUT2D eigenvalue weighted by Gasteiger charge is 2.19. The van der Waals surface area contributed by atoms with E-state index in [1.54, 1.807) is 0 Å². The van der Waals surface area contributed by atoms with Gasteiger partial charge in [0.1, 0.15) is 12.9 Å². The monoisotopic (exact) mass is 378 g/mol. The molecular weight excluding hydrogens is 352 g/mol. The number of aldehydes is 1. The van der Waals surface area contributed by atoms with Crippen LogP contribution in [0.2, 0.25) is 5.02 Å². The van der Waals surface area contributed by atoms with Crippen LogP contribution in [0.15, 0.2) is 35.3 Å². The molecule has 0 saturated carbocycles. The Morgan fingerprint density at radius 2 is 1.85 bits per heavy atom. The third-order valence-electron chi connectivity index (χ3n) is 3.44. The van der Waals surface area contributed by atoms with E-state index >= 15 is 0 Å². The zero-order chi connectivity index (χ0) is 19.7. The van der Waals surface area contributed by atoms with Gasteiger partial charge in [0, 0.05) is 6.42 Å². The van der Waals surface area contributed by atoms with Crippen LogP contribution in [0.1, 0.15) is 51.7 Å². The Balaban J connectivity index is 0.000000597. The van der Waals surface area contributed by atoms with Gasteiger partial charge in [-0.2, -0.15) is 5.10 Å². The van der Waals surface area contributed by atoms with Gasteiger partial charge >= 0.3 is 0 Å². The molecule has 1 aromatic carbocycles. The summed E-state index contributed by atoms with van der Waals surface area (Å²) in [5.74, 6) is 0.308. The quantitative estimate of drug-likeness (QED) is 0.717. The highest BCUT2D eigenvalue weighted by Crippen LogP contribution is 2.21. The summed E-state index contributed by atoms with van der Waals surface area (Å²) < 4.78 is 6.96. The van der Waals surface area contributed by atoms with Gasteiger partial charge in [-0.3, -0.25) is 4.79 Å². The third kappa shape index (κ3) is 6.64. The molecule has 0 spiro atoms. The first-order valence-corrected chi connectivity index (χ1v) is 8.98. The highest BCUT2D eigenvalue weighted by molar-refractivity contribution is 6.31. The first-order valence-electron chi connectivity index (χ1n) is 8.61. The molecule has 0 aliphatic rings. The second-order valence-corrected chi connectivity index (χ2v) is 7.32. The van der Waals surface area contributed by atoms with Crippen LogP contribution in [0.3, 0.4) is 0 Å². The van der Waals surface area contributed by atoms with Gasteiger partial charge in [-0.1, -0.05) is 48.4 Å². The van der Waals surface area contributed by atoms with Gasteiger partial charge in [0.25, 0.3) is 5.56 Å². The van der Waals surface area contributed by atoms with Crippen LogP contribution in [0.25, 0.3) is 0 Å². The van der Waals surface area contributed by atoms with Crippen LogP contribution in [-0.2, 0) is 16.9 Å². The van der Waals surface area contributed by atoms with Crippen molar-refractivity contribution in [1.82, 2.24) is 9.78 Å². The molecule has 0 amide bonds. The largest absolute Gasteiger partial charge is 0.485 e. The average molecular weight is 379 g/mol. The van der Waals surface area contributed by atoms with E-state index < -0.39 is 5.54 Å². The zero-order valence-electron chi connectivity index (χ0n) is 16.1. The van der Waals surface area contributed by atoms with E-state index in [1.165, 1.54) is 16.4 Å². The SMILES string of the molecule is CCCC=O.Cc1ccc(COc2cnn(C(C)(C)C)c(=O)c2Cl)cc1. The normalized spacial score (nSPS) is 10.7. The summed E-state index contributed by atoms with van der Waals surface area (Å²) in [6.07, 6.45) is 4.10. The summed E-state index contributed by atoms with van der Waals surface area (Å²) >= 11 is 6.10. The topological polar surface area (TPSA) is 61.2 Å². The molecule has 6 heteroatoms. The third-order valence-corrected chi connectivity index (χ3v) is 3.79. The number of aryl methyl sites for hydroxylation is 1. The summed E-state index contributed by atoms with van der Waals surface area (Å²) in [5.41, 5.74) is 1.43. The van der Waals surface area contributed by atoms with Crippen LogP contribution in [-0.4, -0.2) is 16.1 Å². The van der Waals surface area contributed by atoms with Crippen molar-refractivity contribution in [3.05, 3.63) is 57.0 Å². The molecule has 1 aromatic heterocycles. The van der Waals surface area contributed by atoms with Crippen molar-refractivity contribution in [1.29, 1.82) is 0 Å². The van der Waals surface area contributed by atoms with Crippen LogP contribution < -0.4 is 10.3 Å². The molecule has 0 unspecified atom stereocenters. The first-order chi connectivity index (χ1) is 12.2. The van der Waals surface area contributed by atoms with Crippen molar-refractivity contribution in [2.24, 2.45) is 0 Å². The number of unbranched alkanes of at least 4 members (excludes halogenated alkanes) is 1. The van der Waals surface area contributed by atoms with Crippen LogP contribution in [0.5, 0.6) is 5.75 Å². The molecule has 0 fully saturated rings. The van der Waals surface area contributed by atoms with Crippen molar-refractivity contribution in [2.45, 2.75) is 59.6 Å². The Labute approximate surface area is 160 Å². The summed E-state index contributed by atoms with van der Waals surface area (Å²) in [4.78, 5) is 21.6. The average Bonchev–Trinajstić information content (AvgIpc) is 2.58. The fourth-order valence-electron chi connectivity index (χ4n) is 1.96. The highest BCUT2D eigenvalue weighted by atomic mass is 35.5. The van der Waals surface area contributed by atoms with Gasteiger partial charge < -0.3 is 9.53 Å². The summed E-state index contributed by atoms with van der Waals surface area (Å²) in [6.45, 7) is 10.0. The Hall–Kier alpha value is -2.14. The Bertz CT molecular complexity index is 762. The fraction of sp³-hybridized carbons (Fsp3) is 0.450. The van der Waals surface area contributed by atoms with E-state index in [1.807, 2.05) is 58.9 Å². The predicted molar refractivity (Wildman–Crippen MR) is 105 cm³/mol. The maximum absolute atomic E-state index is 12.2. The minimum Gasteiger partial charge on any atom is -0.485 e. The molecule has 0 atom stereocenters. The maximum atomic E-state index is 12.2. The van der Waals surface area contributed by atoms with Crippen molar-refractivity contribution in [3.63, 3.8) is 0 Å². The molecule has 0 aliphatic heterocycles. The number of rotatable bonds is 5. The molecular formula is C20H27ClN2O3. The van der Waals surface area contributed by atoms with E-state index in [4.69, 9.17) is 16.3 Å². The van der Waals surface area contributed by atoms with E-state index in [9.17, 15) is 9.59 Å². The number of ether oxygens (including phenoxy) is 1. The molecule has 142 valence electrons. The van der Waals surface area contributed by atoms with Gasteiger partial charge in [0.05, 0.1) is 11.7 Å². The van der Waals surface area contributed by atoms with E-state index in [0.717, 1.165) is 18.3 Å². The number of carbonyl (C=O) groups excluding carboxylic acids is 1. The molecule has 0 bridgehead atoms. The number of hydrogen-bond donors (Lipinski definition) is 0. The van der Waals surface area contributed by atoms with Gasteiger partial charge in [0.15, 0.2) is 10.8 Å². The Morgan fingerprint density at radius 3 is 2.31 bits per heavy atom. The second-order valence-electron chi connectivity index (χ2n) is 6.94. The Morgan fingerprint density at radius 1 is 1.23 bits per heavy atom. The van der Waals surface area contributed by atoms with E-state index in [2.05, 4.69) is 5.10 Å². The van der Waals surface area contributed by atoms with Crippen molar-refractivity contribution >= 4 is 17.9 Å². The van der Waals surface area contributed by atoms with Gasteiger partial charge in [0.2, 0.25) is 0 Å². The van der Waals surface area contributed by atoms with Crippen molar-refractivity contribution in [3.8, 4) is 5.75 Å². The lowest BCUT2D eigenvalue weighted by atomic mass is 10.1. The predicted octanol–water partition coefficient (Wildman–Crippen LogP) is 4.52. The first kappa shape index (κ1) is 21.9. The van der Waals surface area contributed by atoms with E-state index in [-0.39, 0.29) is 10.6 Å². The maximum Gasteiger partial charge on any atom is 0.289 e. The fourth-order valence-corrected chi connectivity index (χ4v) is 2.14. The molecule has 0 N–H and O–H groups in total. The molecule has 0 saturated heterocycles. The summed E-state index contributed by atoms with van der Waals surface area (Å²) in [5, 5.41) is 4.19. The number of halogens is 1. The minimum absolute atomic E-state index is 0.0621. The van der Waals surface area contributed by atoms with Gasteiger partial charge in [-0.15, -0.1) is 0 Å².